The Morgan fingerprint density at radius 2 is 2.05 bits per heavy atom. The van der Waals surface area contributed by atoms with Gasteiger partial charge in [0.2, 0.25) is 0 Å². The molecule has 0 saturated carbocycles. The molecule has 1 heteroatoms. The molecule has 0 fully saturated rings. The average Bonchev–Trinajstić information content (AvgIpc) is 2.85. The third-order valence-electron chi connectivity index (χ3n) is 3.57. The van der Waals surface area contributed by atoms with E-state index in [-0.39, 0.29) is 0 Å². The quantitative estimate of drug-likeness (QED) is 0.515. The molecule has 1 aliphatic carbocycles. The maximum Gasteiger partial charge on any atom is 0.0395 e. The van der Waals surface area contributed by atoms with Crippen LogP contribution < -0.4 is 0 Å². The summed E-state index contributed by atoms with van der Waals surface area (Å²) in [5, 5.41) is 0. The van der Waals surface area contributed by atoms with Gasteiger partial charge in [-0.15, -0.1) is 0 Å². The fourth-order valence-electron chi connectivity index (χ4n) is 2.42. The van der Waals surface area contributed by atoms with Gasteiger partial charge >= 0.3 is 0 Å². The van der Waals surface area contributed by atoms with Crippen LogP contribution in [0.25, 0.3) is 5.57 Å². The Bertz CT molecular complexity index is 532. The van der Waals surface area contributed by atoms with Crippen molar-refractivity contribution >= 4 is 11.3 Å². The van der Waals surface area contributed by atoms with Crippen LogP contribution in [0.1, 0.15) is 51.2 Å². The van der Waals surface area contributed by atoms with E-state index in [1.165, 1.54) is 35.1 Å². The lowest BCUT2D eigenvalue weighted by atomic mass is 9.96. The van der Waals surface area contributed by atoms with Gasteiger partial charge in [0.1, 0.15) is 0 Å². The molecule has 0 unspecified atom stereocenters. The van der Waals surface area contributed by atoms with Crippen molar-refractivity contribution in [2.75, 3.05) is 6.54 Å². The molecule has 0 aromatic heterocycles. The number of unbranched alkanes of at least 4 members (excludes halogenated alkanes) is 1. The standard InChI is InChI=1S/C18H23N/c1-4-5-12-19-15(3)17-8-6-7-9-18(17)16-11-10-14(2)13-16/h6-10,13H,4-5,11-12H2,1-3H3. The van der Waals surface area contributed by atoms with E-state index in [0.717, 1.165) is 18.7 Å². The minimum atomic E-state index is 0.937. The molecular weight excluding hydrogens is 230 g/mol. The summed E-state index contributed by atoms with van der Waals surface area (Å²) in [6.45, 7) is 7.44. The highest BCUT2D eigenvalue weighted by molar-refractivity contribution is 6.03. The van der Waals surface area contributed by atoms with Crippen molar-refractivity contribution in [1.82, 2.24) is 0 Å². The summed E-state index contributed by atoms with van der Waals surface area (Å²) in [7, 11) is 0. The molecule has 0 spiro atoms. The van der Waals surface area contributed by atoms with Gasteiger partial charge in [0, 0.05) is 17.8 Å². The molecule has 1 aromatic carbocycles. The lowest BCUT2D eigenvalue weighted by molar-refractivity contribution is 0.808. The Kier molecular flexibility index (Phi) is 4.73. The number of aliphatic imine (C=N–C) groups is 1. The predicted molar refractivity (Wildman–Crippen MR) is 84.8 cm³/mol. The van der Waals surface area contributed by atoms with E-state index in [9.17, 15) is 0 Å². The van der Waals surface area contributed by atoms with Crippen molar-refractivity contribution in [2.24, 2.45) is 4.99 Å². The number of hydrogen-bond donors (Lipinski definition) is 0. The lowest BCUT2D eigenvalue weighted by Gasteiger charge is -2.10. The first kappa shape index (κ1) is 13.8. The number of benzene rings is 1. The van der Waals surface area contributed by atoms with E-state index in [4.69, 9.17) is 4.99 Å². The van der Waals surface area contributed by atoms with E-state index in [1.54, 1.807) is 0 Å². The fourth-order valence-corrected chi connectivity index (χ4v) is 2.42. The summed E-state index contributed by atoms with van der Waals surface area (Å²) in [6, 6.07) is 8.63. The average molecular weight is 253 g/mol. The van der Waals surface area contributed by atoms with Crippen LogP contribution >= 0.6 is 0 Å². The number of nitrogens with zero attached hydrogens (tertiary/aromatic N) is 1. The van der Waals surface area contributed by atoms with Crippen LogP contribution in [0.5, 0.6) is 0 Å². The summed E-state index contributed by atoms with van der Waals surface area (Å²) in [4.78, 5) is 4.71. The zero-order valence-corrected chi connectivity index (χ0v) is 12.2. The maximum absolute atomic E-state index is 4.71. The third kappa shape index (κ3) is 3.44. The molecule has 0 bridgehead atoms. The monoisotopic (exact) mass is 253 g/mol. The molecule has 1 nitrogen and oxygen atoms in total. The van der Waals surface area contributed by atoms with Gasteiger partial charge in [0.05, 0.1) is 0 Å². The Morgan fingerprint density at radius 1 is 1.26 bits per heavy atom. The molecule has 0 atom stereocenters. The smallest absolute Gasteiger partial charge is 0.0395 e. The summed E-state index contributed by atoms with van der Waals surface area (Å²) in [5.41, 5.74) is 6.57. The zero-order valence-electron chi connectivity index (χ0n) is 12.2. The van der Waals surface area contributed by atoms with E-state index in [1.807, 2.05) is 0 Å². The van der Waals surface area contributed by atoms with Gasteiger partial charge in [0.15, 0.2) is 0 Å². The molecule has 0 N–H and O–H groups in total. The summed E-state index contributed by atoms with van der Waals surface area (Å²) >= 11 is 0. The van der Waals surface area contributed by atoms with Crippen LogP contribution in [-0.2, 0) is 0 Å². The van der Waals surface area contributed by atoms with Crippen molar-refractivity contribution in [3.05, 3.63) is 53.1 Å². The van der Waals surface area contributed by atoms with E-state index < -0.39 is 0 Å². The van der Waals surface area contributed by atoms with Crippen molar-refractivity contribution in [3.63, 3.8) is 0 Å². The highest BCUT2D eigenvalue weighted by Gasteiger charge is 2.11. The number of allylic oxidation sites excluding steroid dienone is 4. The van der Waals surface area contributed by atoms with Gasteiger partial charge in [-0.2, -0.15) is 0 Å². The van der Waals surface area contributed by atoms with Gasteiger partial charge in [-0.1, -0.05) is 55.3 Å². The highest BCUT2D eigenvalue weighted by Crippen LogP contribution is 2.29. The van der Waals surface area contributed by atoms with Crippen molar-refractivity contribution in [2.45, 2.75) is 40.0 Å². The van der Waals surface area contributed by atoms with Gasteiger partial charge in [0.25, 0.3) is 0 Å². The van der Waals surface area contributed by atoms with Gasteiger partial charge in [-0.25, -0.2) is 0 Å². The first-order valence-electron chi connectivity index (χ1n) is 7.20. The first-order valence-corrected chi connectivity index (χ1v) is 7.20. The summed E-state index contributed by atoms with van der Waals surface area (Å²) < 4.78 is 0. The van der Waals surface area contributed by atoms with Gasteiger partial charge < -0.3 is 0 Å². The van der Waals surface area contributed by atoms with Gasteiger partial charge in [-0.05, 0) is 37.8 Å². The SMILES string of the molecule is CCCCN=C(C)c1ccccc1C1=CC(C)=CC1. The van der Waals surface area contributed by atoms with E-state index in [2.05, 4.69) is 57.2 Å². The van der Waals surface area contributed by atoms with Crippen LogP contribution in [0.2, 0.25) is 0 Å². The summed E-state index contributed by atoms with van der Waals surface area (Å²) in [5.74, 6) is 0. The second-order valence-electron chi connectivity index (χ2n) is 5.19. The van der Waals surface area contributed by atoms with Crippen LogP contribution in [-0.4, -0.2) is 12.3 Å². The van der Waals surface area contributed by atoms with E-state index >= 15 is 0 Å². The normalized spacial score (nSPS) is 15.4. The molecule has 0 radical (unpaired) electrons. The Morgan fingerprint density at radius 3 is 2.74 bits per heavy atom. The minimum absolute atomic E-state index is 0.937. The third-order valence-corrected chi connectivity index (χ3v) is 3.57. The largest absolute Gasteiger partial charge is 0.289 e. The van der Waals surface area contributed by atoms with Crippen molar-refractivity contribution < 1.29 is 0 Å². The van der Waals surface area contributed by atoms with Crippen LogP contribution in [0, 0.1) is 0 Å². The molecule has 1 aliphatic rings. The molecule has 0 saturated heterocycles. The summed E-state index contributed by atoms with van der Waals surface area (Å²) in [6.07, 6.45) is 7.99. The van der Waals surface area contributed by atoms with E-state index in [0.29, 0.717) is 0 Å². The molecule has 0 heterocycles. The molecule has 1 aromatic rings. The van der Waals surface area contributed by atoms with Crippen LogP contribution in [0.15, 0.2) is 47.0 Å². The maximum atomic E-state index is 4.71. The van der Waals surface area contributed by atoms with Gasteiger partial charge in [-0.3, -0.25) is 4.99 Å². The predicted octanol–water partition coefficient (Wildman–Crippen LogP) is 5.03. The van der Waals surface area contributed by atoms with Crippen molar-refractivity contribution in [3.8, 4) is 0 Å². The second-order valence-corrected chi connectivity index (χ2v) is 5.19. The first-order chi connectivity index (χ1) is 9.22. The zero-order chi connectivity index (χ0) is 13.7. The molecule has 19 heavy (non-hydrogen) atoms. The second kappa shape index (κ2) is 6.51. The van der Waals surface area contributed by atoms with Crippen LogP contribution in [0.4, 0.5) is 0 Å². The Balaban J connectivity index is 2.27. The lowest BCUT2D eigenvalue weighted by Crippen LogP contribution is -2.01. The molecule has 0 amide bonds. The molecule has 2 rings (SSSR count). The fraction of sp³-hybridized carbons (Fsp3) is 0.389. The Hall–Kier alpha value is -1.63. The number of hydrogen-bond acceptors (Lipinski definition) is 1. The number of rotatable bonds is 5. The highest BCUT2D eigenvalue weighted by atomic mass is 14.7. The topological polar surface area (TPSA) is 12.4 Å². The van der Waals surface area contributed by atoms with Crippen molar-refractivity contribution in [1.29, 1.82) is 0 Å². The molecule has 0 aliphatic heterocycles. The Labute approximate surface area is 116 Å². The minimum Gasteiger partial charge on any atom is -0.289 e. The van der Waals surface area contributed by atoms with Crippen LogP contribution in [0.3, 0.4) is 0 Å². The molecule has 100 valence electrons. The molecular formula is C18H23N.